The zero-order chi connectivity index (χ0) is 7.47. The average molecular weight is 150 g/mol. The van der Waals surface area contributed by atoms with Gasteiger partial charge in [-0.25, -0.2) is 0 Å². The molecule has 4 aliphatic rings. The second-order valence-electron chi connectivity index (χ2n) is 4.60. The molecule has 1 nitrogen and oxygen atoms in total. The molecule has 11 heavy (non-hydrogen) atoms. The van der Waals surface area contributed by atoms with Crippen LogP contribution in [0.4, 0.5) is 0 Å². The Morgan fingerprint density at radius 3 is 3.00 bits per heavy atom. The highest BCUT2D eigenvalue weighted by molar-refractivity contribution is 5.90. The summed E-state index contributed by atoms with van der Waals surface area (Å²) in [5.74, 6) is 2.28. The summed E-state index contributed by atoms with van der Waals surface area (Å²) in [4.78, 5) is 11.6. The SMILES string of the molecule is O=C1CC2CC13CCCCC23. The first-order valence-electron chi connectivity index (χ1n) is 4.86. The van der Waals surface area contributed by atoms with Crippen molar-refractivity contribution < 1.29 is 4.79 Å². The minimum atomic E-state index is 0.253. The summed E-state index contributed by atoms with van der Waals surface area (Å²) in [6.07, 6.45) is 7.48. The van der Waals surface area contributed by atoms with Crippen LogP contribution in [0.1, 0.15) is 38.5 Å². The highest BCUT2D eigenvalue weighted by atomic mass is 16.1. The van der Waals surface area contributed by atoms with Crippen LogP contribution in [0, 0.1) is 17.3 Å². The molecule has 0 heterocycles. The fraction of sp³-hybridized carbons (Fsp3) is 0.900. The van der Waals surface area contributed by atoms with Crippen molar-refractivity contribution >= 4 is 5.78 Å². The molecule has 0 aliphatic heterocycles. The van der Waals surface area contributed by atoms with Crippen molar-refractivity contribution in [3.63, 3.8) is 0 Å². The van der Waals surface area contributed by atoms with Crippen molar-refractivity contribution in [1.29, 1.82) is 0 Å². The fourth-order valence-electron chi connectivity index (χ4n) is 3.77. The van der Waals surface area contributed by atoms with Gasteiger partial charge in [-0.05, 0) is 31.1 Å². The van der Waals surface area contributed by atoms with Crippen molar-refractivity contribution in [2.45, 2.75) is 38.5 Å². The minimum absolute atomic E-state index is 0.253. The second kappa shape index (κ2) is 1.70. The lowest BCUT2D eigenvalue weighted by Crippen LogP contribution is -2.45. The summed E-state index contributed by atoms with van der Waals surface area (Å²) in [5.41, 5.74) is 0.253. The second-order valence-corrected chi connectivity index (χ2v) is 4.60. The summed E-state index contributed by atoms with van der Waals surface area (Å²) < 4.78 is 0. The topological polar surface area (TPSA) is 17.1 Å². The Kier molecular flexibility index (Phi) is 0.961. The van der Waals surface area contributed by atoms with Crippen LogP contribution in [0.5, 0.6) is 0 Å². The third kappa shape index (κ3) is 0.533. The van der Waals surface area contributed by atoms with Gasteiger partial charge < -0.3 is 0 Å². The number of hydrogen-bond acceptors (Lipinski definition) is 1. The number of Topliss-reactive ketones (excluding diaryl/α,β-unsaturated/α-hetero) is 1. The van der Waals surface area contributed by atoms with Crippen molar-refractivity contribution in [3.8, 4) is 0 Å². The van der Waals surface area contributed by atoms with E-state index in [0.29, 0.717) is 5.78 Å². The van der Waals surface area contributed by atoms with Crippen molar-refractivity contribution in [3.05, 3.63) is 0 Å². The molecular weight excluding hydrogens is 136 g/mol. The molecule has 60 valence electrons. The number of ketones is 1. The molecule has 0 radical (unpaired) electrons. The standard InChI is InChI=1S/C10H14O/c11-9-5-7-6-10(9)4-2-1-3-8(7)10/h7-8H,1-6H2. The molecule has 2 bridgehead atoms. The van der Waals surface area contributed by atoms with Crippen LogP contribution in [0.15, 0.2) is 0 Å². The van der Waals surface area contributed by atoms with Crippen LogP contribution >= 0.6 is 0 Å². The predicted octanol–water partition coefficient (Wildman–Crippen LogP) is 2.16. The molecule has 0 aromatic heterocycles. The molecule has 3 atom stereocenters. The summed E-state index contributed by atoms with van der Waals surface area (Å²) in [7, 11) is 0. The van der Waals surface area contributed by atoms with E-state index < -0.39 is 0 Å². The van der Waals surface area contributed by atoms with E-state index >= 15 is 0 Å². The van der Waals surface area contributed by atoms with E-state index in [-0.39, 0.29) is 5.41 Å². The van der Waals surface area contributed by atoms with E-state index in [1.165, 1.54) is 32.1 Å². The van der Waals surface area contributed by atoms with Gasteiger partial charge in [0, 0.05) is 11.8 Å². The quantitative estimate of drug-likeness (QED) is 0.517. The molecule has 0 aromatic rings. The zero-order valence-corrected chi connectivity index (χ0v) is 6.81. The van der Waals surface area contributed by atoms with Crippen molar-refractivity contribution in [2.75, 3.05) is 0 Å². The lowest BCUT2D eigenvalue weighted by molar-refractivity contribution is -0.132. The molecule has 1 spiro atoms. The molecule has 4 saturated carbocycles. The van der Waals surface area contributed by atoms with Crippen LogP contribution in [-0.2, 0) is 4.79 Å². The van der Waals surface area contributed by atoms with Crippen LogP contribution in [-0.4, -0.2) is 5.78 Å². The van der Waals surface area contributed by atoms with E-state index in [0.717, 1.165) is 18.3 Å². The van der Waals surface area contributed by atoms with Gasteiger partial charge >= 0.3 is 0 Å². The molecule has 3 unspecified atom stereocenters. The lowest BCUT2D eigenvalue weighted by Gasteiger charge is -2.49. The molecule has 0 saturated heterocycles. The van der Waals surface area contributed by atoms with Gasteiger partial charge in [0.05, 0.1) is 0 Å². The molecule has 4 fully saturated rings. The minimum Gasteiger partial charge on any atom is -0.299 e. The number of carbonyl (C=O) groups is 1. The highest BCUT2D eigenvalue weighted by Gasteiger charge is 2.64. The van der Waals surface area contributed by atoms with E-state index in [2.05, 4.69) is 0 Å². The van der Waals surface area contributed by atoms with Crippen LogP contribution in [0.2, 0.25) is 0 Å². The van der Waals surface area contributed by atoms with Crippen LogP contribution in [0.25, 0.3) is 0 Å². The molecule has 0 amide bonds. The number of rotatable bonds is 0. The molecule has 1 heteroatoms. The largest absolute Gasteiger partial charge is 0.299 e. The summed E-state index contributed by atoms with van der Waals surface area (Å²) in [6.45, 7) is 0. The Morgan fingerprint density at radius 2 is 2.27 bits per heavy atom. The van der Waals surface area contributed by atoms with E-state index in [1.807, 2.05) is 0 Å². The number of fused-ring (bicyclic) bond motifs is 1. The third-order valence-electron chi connectivity index (χ3n) is 4.30. The first-order valence-corrected chi connectivity index (χ1v) is 4.86. The molecule has 0 N–H and O–H groups in total. The van der Waals surface area contributed by atoms with E-state index in [4.69, 9.17) is 0 Å². The summed E-state index contributed by atoms with van der Waals surface area (Å²) in [5, 5.41) is 0. The monoisotopic (exact) mass is 150 g/mol. The zero-order valence-electron chi connectivity index (χ0n) is 6.81. The van der Waals surface area contributed by atoms with Crippen molar-refractivity contribution in [2.24, 2.45) is 17.3 Å². The molecule has 4 aliphatic carbocycles. The number of carbonyl (C=O) groups excluding carboxylic acids is 1. The van der Waals surface area contributed by atoms with Gasteiger partial charge in [-0.2, -0.15) is 0 Å². The van der Waals surface area contributed by atoms with Crippen molar-refractivity contribution in [1.82, 2.24) is 0 Å². The van der Waals surface area contributed by atoms with Gasteiger partial charge in [0.15, 0.2) is 0 Å². The Morgan fingerprint density at radius 1 is 1.36 bits per heavy atom. The van der Waals surface area contributed by atoms with Crippen LogP contribution in [0.3, 0.4) is 0 Å². The Balaban J connectivity index is 1.99. The highest BCUT2D eigenvalue weighted by Crippen LogP contribution is 2.66. The maximum absolute atomic E-state index is 11.6. The molecular formula is C10H14O. The predicted molar refractivity (Wildman–Crippen MR) is 42.1 cm³/mol. The van der Waals surface area contributed by atoms with Gasteiger partial charge in [0.1, 0.15) is 5.78 Å². The average Bonchev–Trinajstić information content (AvgIpc) is 2.41. The normalized spacial score (nSPS) is 53.6. The van der Waals surface area contributed by atoms with Gasteiger partial charge in [-0.15, -0.1) is 0 Å². The lowest BCUT2D eigenvalue weighted by atomic mass is 9.54. The summed E-state index contributed by atoms with van der Waals surface area (Å²) in [6, 6.07) is 0. The van der Waals surface area contributed by atoms with Gasteiger partial charge in [-0.1, -0.05) is 12.8 Å². The summed E-state index contributed by atoms with van der Waals surface area (Å²) >= 11 is 0. The number of hydrogen-bond donors (Lipinski definition) is 0. The van der Waals surface area contributed by atoms with Crippen LogP contribution < -0.4 is 0 Å². The first kappa shape index (κ1) is 6.22. The molecule has 0 aromatic carbocycles. The molecule has 4 rings (SSSR count). The van der Waals surface area contributed by atoms with Gasteiger partial charge in [-0.3, -0.25) is 4.79 Å². The van der Waals surface area contributed by atoms with E-state index in [9.17, 15) is 4.79 Å². The van der Waals surface area contributed by atoms with Gasteiger partial charge in [0.25, 0.3) is 0 Å². The smallest absolute Gasteiger partial charge is 0.139 e. The fourth-order valence-corrected chi connectivity index (χ4v) is 3.77. The maximum atomic E-state index is 11.6. The van der Waals surface area contributed by atoms with E-state index in [1.54, 1.807) is 0 Å². The van der Waals surface area contributed by atoms with Gasteiger partial charge in [0.2, 0.25) is 0 Å². The Labute approximate surface area is 67.2 Å². The first-order chi connectivity index (χ1) is 5.33. The third-order valence-corrected chi connectivity index (χ3v) is 4.30. The Bertz CT molecular complexity index is 221. The maximum Gasteiger partial charge on any atom is 0.139 e. The Hall–Kier alpha value is -0.330.